The number of esters is 2. The average molecular weight is 421 g/mol. The van der Waals surface area contributed by atoms with E-state index in [0.717, 1.165) is 28.0 Å². The van der Waals surface area contributed by atoms with Gasteiger partial charge >= 0.3 is 11.9 Å². The minimum Gasteiger partial charge on any atom is -0.497 e. The number of aromatic nitrogens is 1. The molecule has 3 heterocycles. The van der Waals surface area contributed by atoms with Gasteiger partial charge in [-0.2, -0.15) is 0 Å². The first kappa shape index (κ1) is 20.5. The quantitative estimate of drug-likeness (QED) is 0.431. The molecule has 0 unspecified atom stereocenters. The van der Waals surface area contributed by atoms with Crippen molar-refractivity contribution in [2.45, 2.75) is 13.3 Å². The van der Waals surface area contributed by atoms with E-state index in [1.165, 1.54) is 14.2 Å². The van der Waals surface area contributed by atoms with Crippen molar-refractivity contribution >= 4 is 28.5 Å². The molecule has 160 valence electrons. The van der Waals surface area contributed by atoms with Gasteiger partial charge in [0.1, 0.15) is 22.6 Å². The molecule has 0 bridgehead atoms. The van der Waals surface area contributed by atoms with Gasteiger partial charge in [0, 0.05) is 17.7 Å². The van der Waals surface area contributed by atoms with Gasteiger partial charge in [0.05, 0.1) is 45.0 Å². The van der Waals surface area contributed by atoms with Crippen molar-refractivity contribution in [3.05, 3.63) is 53.1 Å². The Morgan fingerprint density at radius 2 is 1.39 bits per heavy atom. The Hall–Kier alpha value is -3.74. The molecule has 0 N–H and O–H groups in total. The van der Waals surface area contributed by atoms with Crippen molar-refractivity contribution < 1.29 is 28.5 Å². The fraction of sp³-hybridized carbons (Fsp3) is 0.250. The monoisotopic (exact) mass is 421 g/mol. The van der Waals surface area contributed by atoms with Crippen LogP contribution in [0.25, 0.3) is 27.7 Å². The van der Waals surface area contributed by atoms with Gasteiger partial charge in [-0.1, -0.05) is 19.1 Å². The van der Waals surface area contributed by atoms with E-state index in [1.807, 2.05) is 34.7 Å². The van der Waals surface area contributed by atoms with Crippen molar-refractivity contribution in [2.75, 3.05) is 28.4 Å². The number of aryl methyl sites for hydroxylation is 1. The molecule has 0 fully saturated rings. The summed E-state index contributed by atoms with van der Waals surface area (Å²) < 4.78 is 22.8. The third-order valence-corrected chi connectivity index (χ3v) is 5.60. The van der Waals surface area contributed by atoms with Gasteiger partial charge < -0.3 is 23.3 Å². The summed E-state index contributed by atoms with van der Waals surface area (Å²) in [5, 5.41) is 0. The Labute approximate surface area is 179 Å². The van der Waals surface area contributed by atoms with Crippen molar-refractivity contribution in [3.63, 3.8) is 0 Å². The zero-order valence-corrected chi connectivity index (χ0v) is 18.1. The normalized spacial score (nSPS) is 11.1. The fourth-order valence-electron chi connectivity index (χ4n) is 4.24. The number of benzene rings is 1. The number of ether oxygens (including phenoxy) is 4. The van der Waals surface area contributed by atoms with Gasteiger partial charge in [-0.25, -0.2) is 9.59 Å². The zero-order valence-electron chi connectivity index (χ0n) is 18.1. The molecule has 0 aliphatic heterocycles. The minimum atomic E-state index is -0.614. The molecule has 4 aromatic rings. The maximum atomic E-state index is 12.9. The van der Waals surface area contributed by atoms with Crippen LogP contribution in [0.1, 0.15) is 33.2 Å². The molecule has 0 radical (unpaired) electrons. The number of carbonyl (C=O) groups excluding carboxylic acids is 2. The summed E-state index contributed by atoms with van der Waals surface area (Å²) in [5.74, 6) is 0.0862. The highest BCUT2D eigenvalue weighted by Crippen LogP contribution is 2.43. The Bertz CT molecular complexity index is 1290. The minimum absolute atomic E-state index is 0.158. The van der Waals surface area contributed by atoms with E-state index in [4.69, 9.17) is 18.9 Å². The lowest BCUT2D eigenvalue weighted by Crippen LogP contribution is -2.10. The van der Waals surface area contributed by atoms with Gasteiger partial charge in [0.25, 0.3) is 0 Å². The summed E-state index contributed by atoms with van der Waals surface area (Å²) >= 11 is 0. The molecule has 0 saturated carbocycles. The number of nitrogens with zero attached hydrogens (tertiary/aromatic N) is 1. The molecule has 0 spiro atoms. The molecule has 4 rings (SSSR count). The van der Waals surface area contributed by atoms with Gasteiger partial charge in [0.2, 0.25) is 0 Å². The first-order valence-electron chi connectivity index (χ1n) is 9.82. The predicted octanol–water partition coefficient (Wildman–Crippen LogP) is 4.35. The smallest absolute Gasteiger partial charge is 0.340 e. The Morgan fingerprint density at radius 3 is 1.94 bits per heavy atom. The van der Waals surface area contributed by atoms with E-state index < -0.39 is 11.9 Å². The molecule has 0 aliphatic carbocycles. The molecular weight excluding hydrogens is 398 g/mol. The summed E-state index contributed by atoms with van der Waals surface area (Å²) in [6.45, 7) is 2.05. The van der Waals surface area contributed by atoms with E-state index in [2.05, 4.69) is 6.92 Å². The first-order chi connectivity index (χ1) is 15.0. The topological polar surface area (TPSA) is 75.5 Å². The maximum Gasteiger partial charge on any atom is 0.340 e. The molecule has 0 aliphatic rings. The molecule has 31 heavy (non-hydrogen) atoms. The van der Waals surface area contributed by atoms with Crippen LogP contribution in [0.2, 0.25) is 0 Å². The van der Waals surface area contributed by atoms with Gasteiger partial charge in [-0.3, -0.25) is 0 Å². The molecule has 0 amide bonds. The second-order valence-electron chi connectivity index (χ2n) is 7.02. The van der Waals surface area contributed by atoms with Crippen molar-refractivity contribution in [3.8, 4) is 22.6 Å². The van der Waals surface area contributed by atoms with Crippen molar-refractivity contribution in [1.82, 2.24) is 4.40 Å². The molecule has 0 saturated heterocycles. The highest BCUT2D eigenvalue weighted by Gasteiger charge is 2.33. The van der Waals surface area contributed by atoms with Crippen LogP contribution in [0, 0.1) is 0 Å². The molecule has 7 heteroatoms. The molecule has 0 atom stereocenters. The second-order valence-corrected chi connectivity index (χ2v) is 7.02. The first-order valence-corrected chi connectivity index (χ1v) is 9.82. The van der Waals surface area contributed by atoms with Crippen molar-refractivity contribution in [2.24, 2.45) is 0 Å². The van der Waals surface area contributed by atoms with Crippen LogP contribution in [-0.2, 0) is 15.9 Å². The Morgan fingerprint density at radius 1 is 0.806 bits per heavy atom. The SMILES string of the molecule is CCc1c(-c2ccc(OC)cc2)c2c(C(=O)OC)c(C(=O)OC)c3cc(OC)cc1n32. The predicted molar refractivity (Wildman–Crippen MR) is 117 cm³/mol. The van der Waals surface area contributed by atoms with Gasteiger partial charge in [0.15, 0.2) is 0 Å². The van der Waals surface area contributed by atoms with Crippen LogP contribution in [0.3, 0.4) is 0 Å². The van der Waals surface area contributed by atoms with Crippen LogP contribution in [0.5, 0.6) is 11.5 Å². The standard InChI is InChI=1S/C24H23NO6/c1-6-16-17-11-15(29-3)12-18-20(23(26)30-4)21(24(27)31-5)22(25(17)18)19(16)13-7-9-14(28-2)10-8-13/h7-12H,6H2,1-5H3. The van der Waals surface area contributed by atoms with Crippen LogP contribution in [0.15, 0.2) is 36.4 Å². The summed E-state index contributed by atoms with van der Waals surface area (Å²) in [6, 6.07) is 11.2. The molecule has 3 aromatic heterocycles. The summed E-state index contributed by atoms with van der Waals surface area (Å²) in [6.07, 6.45) is 0.708. The highest BCUT2D eigenvalue weighted by atomic mass is 16.5. The lowest BCUT2D eigenvalue weighted by atomic mass is 9.96. The van der Waals surface area contributed by atoms with Gasteiger partial charge in [-0.05, 0) is 29.7 Å². The third-order valence-electron chi connectivity index (χ3n) is 5.60. The lowest BCUT2D eigenvalue weighted by molar-refractivity contribution is 0.0559. The average Bonchev–Trinajstić information content (AvgIpc) is 3.32. The maximum absolute atomic E-state index is 12.9. The Balaban J connectivity index is 2.24. The number of carbonyl (C=O) groups is 2. The van der Waals surface area contributed by atoms with E-state index in [1.54, 1.807) is 20.3 Å². The van der Waals surface area contributed by atoms with E-state index >= 15 is 0 Å². The van der Waals surface area contributed by atoms with Gasteiger partial charge in [-0.15, -0.1) is 0 Å². The molecular formula is C24H23NO6. The largest absolute Gasteiger partial charge is 0.497 e. The van der Waals surface area contributed by atoms with Crippen LogP contribution in [-0.4, -0.2) is 44.8 Å². The van der Waals surface area contributed by atoms with Crippen LogP contribution >= 0.6 is 0 Å². The summed E-state index contributed by atoms with van der Waals surface area (Å²) in [5.41, 5.74) is 5.13. The fourth-order valence-corrected chi connectivity index (χ4v) is 4.24. The Kier molecular flexibility index (Phi) is 5.19. The number of rotatable bonds is 6. The van der Waals surface area contributed by atoms with E-state index in [-0.39, 0.29) is 11.1 Å². The summed E-state index contributed by atoms with van der Waals surface area (Å²) in [7, 11) is 5.76. The molecule has 7 nitrogen and oxygen atoms in total. The van der Waals surface area contributed by atoms with E-state index in [9.17, 15) is 9.59 Å². The highest BCUT2D eigenvalue weighted by molar-refractivity contribution is 6.18. The summed E-state index contributed by atoms with van der Waals surface area (Å²) in [4.78, 5) is 25.7. The van der Waals surface area contributed by atoms with Crippen molar-refractivity contribution in [1.29, 1.82) is 0 Å². The second kappa shape index (κ2) is 7.83. The number of hydrogen-bond donors (Lipinski definition) is 0. The zero-order chi connectivity index (χ0) is 22.3. The molecule has 1 aromatic carbocycles. The third kappa shape index (κ3) is 2.96. The lowest BCUT2D eigenvalue weighted by Gasteiger charge is -2.09. The van der Waals surface area contributed by atoms with E-state index in [0.29, 0.717) is 23.2 Å². The number of pyridine rings is 1. The van der Waals surface area contributed by atoms with Crippen LogP contribution < -0.4 is 9.47 Å². The number of hydrogen-bond acceptors (Lipinski definition) is 6. The number of methoxy groups -OCH3 is 4. The van der Waals surface area contributed by atoms with Crippen LogP contribution in [0.4, 0.5) is 0 Å².